The third-order valence-electron chi connectivity index (χ3n) is 1.75. The predicted molar refractivity (Wildman–Crippen MR) is 59.6 cm³/mol. The molecule has 0 aliphatic rings. The molecule has 0 atom stereocenters. The summed E-state index contributed by atoms with van der Waals surface area (Å²) in [5.74, 6) is 0.424. The van der Waals surface area contributed by atoms with Gasteiger partial charge in [0.2, 0.25) is 0 Å². The van der Waals surface area contributed by atoms with Gasteiger partial charge in [-0.1, -0.05) is 0 Å². The Morgan fingerprint density at radius 3 is 2.71 bits per heavy atom. The number of nitro benzene ring substituents is 1. The second kappa shape index (κ2) is 4.61. The highest BCUT2D eigenvalue weighted by Crippen LogP contribution is 2.31. The molecule has 0 saturated carbocycles. The van der Waals surface area contributed by atoms with E-state index in [-0.39, 0.29) is 11.4 Å². The number of benzene rings is 1. The fourth-order valence-corrected chi connectivity index (χ4v) is 1.78. The van der Waals surface area contributed by atoms with Gasteiger partial charge in [0.1, 0.15) is 5.69 Å². The van der Waals surface area contributed by atoms with Crippen molar-refractivity contribution in [2.45, 2.75) is 6.42 Å². The molecule has 0 bridgehead atoms. The predicted octanol–water partition coefficient (Wildman–Crippen LogP) is 2.72. The van der Waals surface area contributed by atoms with Crippen molar-refractivity contribution in [3.8, 4) is 0 Å². The quantitative estimate of drug-likeness (QED) is 0.400. The number of aryl methyl sites for hydroxylation is 1. The van der Waals surface area contributed by atoms with Crippen molar-refractivity contribution in [2.24, 2.45) is 0 Å². The fraction of sp³-hybridized carbons (Fsp3) is 0.250. The van der Waals surface area contributed by atoms with Crippen LogP contribution in [0.1, 0.15) is 5.56 Å². The molecule has 76 valence electrons. The van der Waals surface area contributed by atoms with Gasteiger partial charge in [0.15, 0.2) is 0 Å². The molecule has 0 aliphatic carbocycles. The molecule has 0 heterocycles. The first-order valence-corrected chi connectivity index (χ1v) is 5.17. The van der Waals surface area contributed by atoms with Gasteiger partial charge in [0.05, 0.1) is 4.92 Å². The highest BCUT2D eigenvalue weighted by Gasteiger charge is 2.15. The minimum atomic E-state index is -0.502. The highest BCUT2D eigenvalue weighted by molar-refractivity contribution is 9.10. The Labute approximate surface area is 94.3 Å². The maximum atomic E-state index is 10.6. The van der Waals surface area contributed by atoms with Gasteiger partial charge in [0.25, 0.3) is 5.69 Å². The van der Waals surface area contributed by atoms with Crippen molar-refractivity contribution in [1.29, 1.82) is 0 Å². The first kappa shape index (κ1) is 11.3. The van der Waals surface area contributed by atoms with Crippen LogP contribution in [-0.4, -0.2) is 10.8 Å². The van der Waals surface area contributed by atoms with Crippen LogP contribution in [-0.2, 0) is 6.42 Å². The molecular weight excluding hydrogens is 271 g/mol. The van der Waals surface area contributed by atoms with Crippen LogP contribution < -0.4 is 5.73 Å². The van der Waals surface area contributed by atoms with E-state index in [1.165, 1.54) is 6.07 Å². The number of alkyl halides is 1. The number of hydrogen-bond acceptors (Lipinski definition) is 3. The van der Waals surface area contributed by atoms with E-state index in [0.717, 1.165) is 5.56 Å². The van der Waals surface area contributed by atoms with E-state index in [1.54, 1.807) is 6.07 Å². The molecular formula is C8H8BrClN2O2. The van der Waals surface area contributed by atoms with Crippen LogP contribution in [0.3, 0.4) is 0 Å². The molecule has 0 spiro atoms. The summed E-state index contributed by atoms with van der Waals surface area (Å²) in [6, 6.07) is 3.19. The monoisotopic (exact) mass is 278 g/mol. The van der Waals surface area contributed by atoms with Gasteiger partial charge < -0.3 is 5.73 Å². The topological polar surface area (TPSA) is 69.2 Å². The molecule has 0 saturated heterocycles. The minimum Gasteiger partial charge on any atom is -0.392 e. The summed E-state index contributed by atoms with van der Waals surface area (Å²) in [6.07, 6.45) is 0.585. The average molecular weight is 280 g/mol. The standard InChI is InChI=1S/C8H8BrClN2O2/c9-6-3-5(1-2-10)4-7(8(6)11)12(13)14/h3-4H,1-2,11H2. The summed E-state index contributed by atoms with van der Waals surface area (Å²) in [5.41, 5.74) is 6.39. The van der Waals surface area contributed by atoms with Crippen LogP contribution in [0.15, 0.2) is 16.6 Å². The maximum absolute atomic E-state index is 10.6. The lowest BCUT2D eigenvalue weighted by Crippen LogP contribution is -1.99. The van der Waals surface area contributed by atoms with Gasteiger partial charge >= 0.3 is 0 Å². The van der Waals surface area contributed by atoms with Crippen molar-refractivity contribution in [3.63, 3.8) is 0 Å². The summed E-state index contributed by atoms with van der Waals surface area (Å²) >= 11 is 8.71. The third-order valence-corrected chi connectivity index (χ3v) is 2.59. The van der Waals surface area contributed by atoms with E-state index < -0.39 is 4.92 Å². The van der Waals surface area contributed by atoms with Gasteiger partial charge in [-0.3, -0.25) is 10.1 Å². The van der Waals surface area contributed by atoms with Gasteiger partial charge in [-0.2, -0.15) is 0 Å². The van der Waals surface area contributed by atoms with E-state index in [0.29, 0.717) is 16.8 Å². The van der Waals surface area contributed by atoms with Gasteiger partial charge in [0, 0.05) is 16.4 Å². The molecule has 4 nitrogen and oxygen atoms in total. The molecule has 2 N–H and O–H groups in total. The summed E-state index contributed by atoms with van der Waals surface area (Å²) in [4.78, 5) is 10.1. The first-order chi connectivity index (χ1) is 6.56. The third kappa shape index (κ3) is 2.36. The normalized spacial score (nSPS) is 10.1. The lowest BCUT2D eigenvalue weighted by Gasteiger charge is -2.03. The zero-order chi connectivity index (χ0) is 10.7. The van der Waals surface area contributed by atoms with Gasteiger partial charge in [-0.25, -0.2) is 0 Å². The largest absolute Gasteiger partial charge is 0.392 e. The van der Waals surface area contributed by atoms with Crippen molar-refractivity contribution in [2.75, 3.05) is 11.6 Å². The second-order valence-corrected chi connectivity index (χ2v) is 3.94. The van der Waals surface area contributed by atoms with E-state index in [9.17, 15) is 10.1 Å². The van der Waals surface area contributed by atoms with Crippen LogP contribution in [0.5, 0.6) is 0 Å². The van der Waals surface area contributed by atoms with E-state index in [4.69, 9.17) is 17.3 Å². The van der Waals surface area contributed by atoms with Crippen LogP contribution in [0.2, 0.25) is 0 Å². The number of nitrogens with zero attached hydrogens (tertiary/aromatic N) is 1. The summed E-state index contributed by atoms with van der Waals surface area (Å²) < 4.78 is 0.534. The minimum absolute atomic E-state index is 0.0838. The highest BCUT2D eigenvalue weighted by atomic mass is 79.9. The Hall–Kier alpha value is -0.810. The number of nitrogen functional groups attached to an aromatic ring is 1. The number of hydrogen-bond donors (Lipinski definition) is 1. The van der Waals surface area contributed by atoms with Crippen molar-refractivity contribution in [3.05, 3.63) is 32.3 Å². The molecule has 0 aromatic heterocycles. The Morgan fingerprint density at radius 2 is 2.21 bits per heavy atom. The number of rotatable bonds is 3. The zero-order valence-electron chi connectivity index (χ0n) is 7.17. The Kier molecular flexibility index (Phi) is 3.71. The maximum Gasteiger partial charge on any atom is 0.293 e. The van der Waals surface area contributed by atoms with Gasteiger partial charge in [-0.15, -0.1) is 11.6 Å². The second-order valence-electron chi connectivity index (χ2n) is 2.71. The molecule has 6 heteroatoms. The molecule has 0 unspecified atom stereocenters. The first-order valence-electron chi connectivity index (χ1n) is 3.84. The Morgan fingerprint density at radius 1 is 1.57 bits per heavy atom. The molecule has 14 heavy (non-hydrogen) atoms. The number of anilines is 1. The summed E-state index contributed by atoms with van der Waals surface area (Å²) in [7, 11) is 0. The van der Waals surface area contributed by atoms with Crippen LogP contribution in [0.4, 0.5) is 11.4 Å². The van der Waals surface area contributed by atoms with Crippen molar-refractivity contribution < 1.29 is 4.92 Å². The fourth-order valence-electron chi connectivity index (χ4n) is 1.06. The van der Waals surface area contributed by atoms with E-state index >= 15 is 0 Å². The van der Waals surface area contributed by atoms with Crippen LogP contribution >= 0.6 is 27.5 Å². The molecule has 0 radical (unpaired) electrons. The Balaban J connectivity index is 3.21. The zero-order valence-corrected chi connectivity index (χ0v) is 9.51. The number of nitrogens with two attached hydrogens (primary N) is 1. The molecule has 0 amide bonds. The van der Waals surface area contributed by atoms with Gasteiger partial charge in [-0.05, 0) is 34.0 Å². The molecule has 1 aromatic carbocycles. The van der Waals surface area contributed by atoms with E-state index in [1.807, 2.05) is 0 Å². The van der Waals surface area contributed by atoms with Crippen molar-refractivity contribution >= 4 is 38.9 Å². The van der Waals surface area contributed by atoms with Crippen molar-refractivity contribution in [1.82, 2.24) is 0 Å². The average Bonchev–Trinajstić information content (AvgIpc) is 2.11. The smallest absolute Gasteiger partial charge is 0.293 e. The lowest BCUT2D eigenvalue weighted by molar-refractivity contribution is -0.384. The molecule has 1 aromatic rings. The Bertz CT molecular complexity index is 371. The SMILES string of the molecule is Nc1c(Br)cc(CCCl)cc1[N+](=O)[O-]. The summed E-state index contributed by atoms with van der Waals surface area (Å²) in [6.45, 7) is 0. The number of halogens is 2. The molecule has 0 aliphatic heterocycles. The molecule has 1 rings (SSSR count). The lowest BCUT2D eigenvalue weighted by atomic mass is 10.1. The summed E-state index contributed by atoms with van der Waals surface area (Å²) in [5, 5.41) is 10.6. The van der Waals surface area contributed by atoms with E-state index in [2.05, 4.69) is 15.9 Å². The van der Waals surface area contributed by atoms with Crippen LogP contribution in [0, 0.1) is 10.1 Å². The number of nitro groups is 1. The molecule has 0 fully saturated rings. The van der Waals surface area contributed by atoms with Crippen LogP contribution in [0.25, 0.3) is 0 Å².